The summed E-state index contributed by atoms with van der Waals surface area (Å²) in [5.74, 6) is -0.0427. The van der Waals surface area contributed by atoms with Gasteiger partial charge in [-0.1, -0.05) is 0 Å². The molecule has 0 aliphatic heterocycles. The molecule has 2 rings (SSSR count). The Labute approximate surface area is 86.4 Å². The van der Waals surface area contributed by atoms with Crippen molar-refractivity contribution < 1.29 is 9.12 Å². The molecule has 0 saturated heterocycles. The summed E-state index contributed by atoms with van der Waals surface area (Å²) in [6, 6.07) is 7.30. The zero-order chi connectivity index (χ0) is 10.8. The maximum atomic E-state index is 12.7. The van der Waals surface area contributed by atoms with Crippen molar-refractivity contribution in [1.82, 2.24) is 4.98 Å². The molecular weight excluding hydrogens is 195 g/mol. The van der Waals surface area contributed by atoms with Crippen molar-refractivity contribution >= 4 is 0 Å². The van der Waals surface area contributed by atoms with Crippen molar-refractivity contribution in [3.8, 4) is 11.4 Å². The Morgan fingerprint density at radius 2 is 1.87 bits per heavy atom. The maximum Gasteiger partial charge on any atom is 0.333 e. The number of aromatic nitrogens is 2. The summed E-state index contributed by atoms with van der Waals surface area (Å²) in [6.45, 7) is 1.70. The zero-order valence-corrected chi connectivity index (χ0v) is 8.14. The largest absolute Gasteiger partial charge is 0.710 e. The summed E-state index contributed by atoms with van der Waals surface area (Å²) >= 11 is 0. The highest BCUT2D eigenvalue weighted by atomic mass is 19.1. The zero-order valence-electron chi connectivity index (χ0n) is 8.14. The van der Waals surface area contributed by atoms with Crippen LogP contribution in [0.3, 0.4) is 0 Å². The lowest BCUT2D eigenvalue weighted by Gasteiger charge is -2.07. The van der Waals surface area contributed by atoms with E-state index in [1.807, 2.05) is 0 Å². The Balaban J connectivity index is 2.54. The molecule has 76 valence electrons. The Morgan fingerprint density at radius 1 is 1.20 bits per heavy atom. The number of aryl methyl sites for hydroxylation is 1. The van der Waals surface area contributed by atoms with Crippen molar-refractivity contribution in [2.45, 2.75) is 6.92 Å². The van der Waals surface area contributed by atoms with Crippen LogP contribution in [0, 0.1) is 17.9 Å². The molecule has 1 aromatic carbocycles. The van der Waals surface area contributed by atoms with Gasteiger partial charge >= 0.3 is 5.82 Å². The van der Waals surface area contributed by atoms with E-state index in [0.29, 0.717) is 11.3 Å². The Kier molecular flexibility index (Phi) is 2.33. The number of nitrogens with zero attached hydrogens (tertiary/aromatic N) is 2. The molecule has 0 fully saturated rings. The van der Waals surface area contributed by atoms with Gasteiger partial charge in [-0.3, -0.25) is 0 Å². The summed E-state index contributed by atoms with van der Waals surface area (Å²) in [6.07, 6.45) is 1.56. The van der Waals surface area contributed by atoms with Gasteiger partial charge in [0.1, 0.15) is 17.7 Å². The van der Waals surface area contributed by atoms with Crippen molar-refractivity contribution in [2.24, 2.45) is 0 Å². The molecule has 0 aliphatic carbocycles. The molecule has 4 heteroatoms. The van der Waals surface area contributed by atoms with Gasteiger partial charge in [0.2, 0.25) is 0 Å². The van der Waals surface area contributed by atoms with Crippen molar-refractivity contribution in [2.75, 3.05) is 0 Å². The second-order valence-electron chi connectivity index (χ2n) is 3.21. The number of benzene rings is 1. The van der Waals surface area contributed by atoms with E-state index in [-0.39, 0.29) is 11.6 Å². The first-order valence-electron chi connectivity index (χ1n) is 4.49. The molecule has 2 aromatic rings. The number of halogens is 1. The number of hydrogen-bond acceptors (Lipinski definition) is 2. The van der Waals surface area contributed by atoms with E-state index >= 15 is 0 Å². The van der Waals surface area contributed by atoms with E-state index in [1.165, 1.54) is 24.3 Å². The van der Waals surface area contributed by atoms with Crippen LogP contribution in [-0.2, 0) is 0 Å². The second kappa shape index (κ2) is 3.65. The van der Waals surface area contributed by atoms with Gasteiger partial charge in [-0.15, -0.1) is 0 Å². The minimum Gasteiger partial charge on any atom is -0.710 e. The lowest BCUT2D eigenvalue weighted by Crippen LogP contribution is -2.33. The molecule has 0 unspecified atom stereocenters. The minimum atomic E-state index is -0.330. The Hall–Kier alpha value is -1.97. The third-order valence-corrected chi connectivity index (χ3v) is 2.13. The lowest BCUT2D eigenvalue weighted by molar-refractivity contribution is -0.603. The van der Waals surface area contributed by atoms with Crippen LogP contribution in [0.2, 0.25) is 0 Å². The van der Waals surface area contributed by atoms with Gasteiger partial charge in [0, 0.05) is 6.07 Å². The van der Waals surface area contributed by atoms with Gasteiger partial charge in [0.05, 0.1) is 5.56 Å². The highest BCUT2D eigenvalue weighted by Crippen LogP contribution is 2.13. The van der Waals surface area contributed by atoms with Crippen LogP contribution in [0.1, 0.15) is 5.69 Å². The summed E-state index contributed by atoms with van der Waals surface area (Å²) < 4.78 is 13.4. The predicted molar refractivity (Wildman–Crippen MR) is 53.3 cm³/mol. The topological polar surface area (TPSA) is 39.8 Å². The van der Waals surface area contributed by atoms with E-state index in [1.54, 1.807) is 19.2 Å². The minimum absolute atomic E-state index is 0.287. The molecule has 1 aromatic heterocycles. The number of rotatable bonds is 1. The molecule has 0 spiro atoms. The van der Waals surface area contributed by atoms with Crippen molar-refractivity contribution in [3.63, 3.8) is 0 Å². The first kappa shape index (κ1) is 9.58. The van der Waals surface area contributed by atoms with Gasteiger partial charge in [-0.25, -0.2) is 9.12 Å². The van der Waals surface area contributed by atoms with E-state index in [0.717, 1.165) is 4.73 Å². The first-order valence-corrected chi connectivity index (χ1v) is 4.49. The standard InChI is InChI=1S/C11H9FN2O/c1-8-6-7-13-11(14(8)15)9-2-4-10(12)5-3-9/h2-7H,1H3. The van der Waals surface area contributed by atoms with Crippen LogP contribution in [0.5, 0.6) is 0 Å². The fourth-order valence-electron chi connectivity index (χ4n) is 1.29. The molecule has 3 nitrogen and oxygen atoms in total. The molecule has 1 heterocycles. The first-order chi connectivity index (χ1) is 7.18. The van der Waals surface area contributed by atoms with Crippen LogP contribution in [-0.4, -0.2) is 4.98 Å². The molecule has 0 saturated carbocycles. The molecular formula is C11H9FN2O. The second-order valence-corrected chi connectivity index (χ2v) is 3.21. The van der Waals surface area contributed by atoms with E-state index in [4.69, 9.17) is 0 Å². The molecule has 0 radical (unpaired) electrons. The van der Waals surface area contributed by atoms with Crippen LogP contribution in [0.25, 0.3) is 11.4 Å². The highest BCUT2D eigenvalue weighted by molar-refractivity contribution is 5.51. The Bertz CT molecular complexity index is 482. The molecule has 0 atom stereocenters. The summed E-state index contributed by atoms with van der Waals surface area (Å²) in [5, 5.41) is 11.6. The summed E-state index contributed by atoms with van der Waals surface area (Å²) in [4.78, 5) is 3.97. The quantitative estimate of drug-likeness (QED) is 0.525. The van der Waals surface area contributed by atoms with Gasteiger partial charge in [0.15, 0.2) is 0 Å². The SMILES string of the molecule is Cc1ccnc(-c2ccc(F)cc2)[n+]1[O-]. The molecule has 0 bridgehead atoms. The van der Waals surface area contributed by atoms with E-state index in [2.05, 4.69) is 4.98 Å². The van der Waals surface area contributed by atoms with Crippen LogP contribution < -0.4 is 4.73 Å². The van der Waals surface area contributed by atoms with Gasteiger partial charge in [-0.05, 0) is 36.2 Å². The normalized spacial score (nSPS) is 10.3. The fourth-order valence-corrected chi connectivity index (χ4v) is 1.29. The van der Waals surface area contributed by atoms with E-state index < -0.39 is 0 Å². The maximum absolute atomic E-state index is 12.7. The lowest BCUT2D eigenvalue weighted by atomic mass is 10.2. The highest BCUT2D eigenvalue weighted by Gasteiger charge is 2.11. The molecule has 0 aliphatic rings. The van der Waals surface area contributed by atoms with Gasteiger partial charge in [-0.2, -0.15) is 0 Å². The van der Waals surface area contributed by atoms with Crippen LogP contribution in [0.15, 0.2) is 36.5 Å². The summed E-state index contributed by atoms with van der Waals surface area (Å²) in [5.41, 5.74) is 1.17. The van der Waals surface area contributed by atoms with Gasteiger partial charge < -0.3 is 5.21 Å². The fraction of sp³-hybridized carbons (Fsp3) is 0.0909. The smallest absolute Gasteiger partial charge is 0.333 e. The third kappa shape index (κ3) is 1.79. The van der Waals surface area contributed by atoms with Crippen molar-refractivity contribution in [3.05, 3.63) is 53.2 Å². The predicted octanol–water partition coefficient (Wildman–Crippen LogP) is 1.83. The monoisotopic (exact) mass is 204 g/mol. The van der Waals surface area contributed by atoms with Crippen molar-refractivity contribution in [1.29, 1.82) is 0 Å². The molecule has 0 amide bonds. The average Bonchev–Trinajstić information content (AvgIpc) is 2.24. The molecule has 15 heavy (non-hydrogen) atoms. The van der Waals surface area contributed by atoms with E-state index in [9.17, 15) is 9.60 Å². The average molecular weight is 204 g/mol. The molecule has 0 N–H and O–H groups in total. The van der Waals surface area contributed by atoms with Gasteiger partial charge in [0.25, 0.3) is 0 Å². The Morgan fingerprint density at radius 3 is 2.53 bits per heavy atom. The third-order valence-electron chi connectivity index (χ3n) is 2.13. The van der Waals surface area contributed by atoms with Crippen LogP contribution >= 0.6 is 0 Å². The van der Waals surface area contributed by atoms with Crippen LogP contribution in [0.4, 0.5) is 4.39 Å². The number of hydrogen-bond donors (Lipinski definition) is 0. The summed E-state index contributed by atoms with van der Waals surface area (Å²) in [7, 11) is 0.